The first-order valence-electron chi connectivity index (χ1n) is 17.5. The Bertz CT molecular complexity index is 1590. The van der Waals surface area contributed by atoms with Crippen molar-refractivity contribution in [3.05, 3.63) is 46.5 Å². The minimum Gasteiger partial charge on any atom is -0.387 e. The lowest BCUT2D eigenvalue weighted by molar-refractivity contribution is -0.145. The molecule has 2 N–H and O–H groups in total. The highest BCUT2D eigenvalue weighted by molar-refractivity contribution is 6.39. The Morgan fingerprint density at radius 1 is 1.10 bits per heavy atom. The van der Waals surface area contributed by atoms with Crippen molar-refractivity contribution in [2.24, 2.45) is 33.7 Å². The van der Waals surface area contributed by atoms with Crippen molar-refractivity contribution in [2.75, 3.05) is 6.54 Å². The third-order valence-corrected chi connectivity index (χ3v) is 10.8. The number of Topliss-reactive ketones (excluding diaryl/α,β-unsaturated/α-hetero) is 2. The average molecular weight is 695 g/mol. The van der Waals surface area contributed by atoms with E-state index in [1.807, 2.05) is 46.8 Å². The number of nitrogens with zero attached hydrogens (tertiary/aromatic N) is 2. The number of likely N-dealkylation sites (tertiary alicyclic amines) is 1. The van der Waals surface area contributed by atoms with Gasteiger partial charge in [-0.2, -0.15) is 0 Å². The van der Waals surface area contributed by atoms with Crippen LogP contribution in [0.4, 0.5) is 0 Å². The predicted octanol–water partition coefficient (Wildman–Crippen LogP) is 5.41. The van der Waals surface area contributed by atoms with Crippen LogP contribution in [0.2, 0.25) is 5.02 Å². The van der Waals surface area contributed by atoms with E-state index in [9.17, 15) is 24.0 Å². The molecule has 2 aliphatic heterocycles. The molecule has 2 heterocycles. The van der Waals surface area contributed by atoms with Gasteiger partial charge in [-0.05, 0) is 55.1 Å². The zero-order chi connectivity index (χ0) is 36.1. The number of allylic oxidation sites excluding steroid dienone is 2. The lowest BCUT2D eigenvalue weighted by Crippen LogP contribution is -2.59. The smallest absolute Gasteiger partial charge is 0.246 e. The summed E-state index contributed by atoms with van der Waals surface area (Å²) in [6.07, 6.45) is 4.86. The second kappa shape index (κ2) is 13.6. The molecule has 0 unspecified atom stereocenters. The van der Waals surface area contributed by atoms with Crippen LogP contribution in [0.1, 0.15) is 99.5 Å². The summed E-state index contributed by atoms with van der Waals surface area (Å²) in [7, 11) is 0. The minimum atomic E-state index is -1.02. The molecule has 0 aromatic heterocycles. The van der Waals surface area contributed by atoms with Crippen molar-refractivity contribution in [3.8, 4) is 0 Å². The van der Waals surface area contributed by atoms with Gasteiger partial charge in [-0.15, -0.1) is 0 Å². The van der Waals surface area contributed by atoms with Gasteiger partial charge in [0.1, 0.15) is 12.1 Å². The molecule has 1 spiro atoms. The van der Waals surface area contributed by atoms with Gasteiger partial charge in [0.2, 0.25) is 23.5 Å². The molecule has 11 heteroatoms. The van der Waals surface area contributed by atoms with Crippen molar-refractivity contribution in [3.63, 3.8) is 0 Å². The van der Waals surface area contributed by atoms with Crippen LogP contribution in [0.25, 0.3) is 0 Å². The van der Waals surface area contributed by atoms with Crippen LogP contribution in [0.5, 0.6) is 0 Å². The Labute approximate surface area is 294 Å². The third kappa shape index (κ3) is 7.95. The number of carbonyl (C=O) groups is 5. The number of amides is 3. The summed E-state index contributed by atoms with van der Waals surface area (Å²) in [4.78, 5) is 75.8. The van der Waals surface area contributed by atoms with Crippen LogP contribution < -0.4 is 10.6 Å². The van der Waals surface area contributed by atoms with Crippen LogP contribution >= 0.6 is 11.6 Å². The minimum absolute atomic E-state index is 0.0453. The van der Waals surface area contributed by atoms with Crippen LogP contribution in [0.3, 0.4) is 0 Å². The van der Waals surface area contributed by atoms with Gasteiger partial charge in [0.25, 0.3) is 0 Å². The lowest BCUT2D eigenvalue weighted by Gasteiger charge is -2.36. The van der Waals surface area contributed by atoms with E-state index >= 15 is 0 Å². The first kappa shape index (κ1) is 36.7. The molecule has 3 fully saturated rings. The van der Waals surface area contributed by atoms with E-state index in [-0.39, 0.29) is 48.5 Å². The monoisotopic (exact) mass is 694 g/mol. The van der Waals surface area contributed by atoms with E-state index in [1.165, 1.54) is 4.90 Å². The number of halogens is 1. The van der Waals surface area contributed by atoms with Crippen molar-refractivity contribution < 1.29 is 28.8 Å². The standard InChI is InChI=1S/C38H51ClN4O6/c1-9-29(44)31(45)26(16-22-13-14-22)40-33(46)28-19-38(18-27(42-49-38)23-11-10-12-24(39)17-23)20-43(28)35(48)32(36(4,5)6)41-34(47)30-25(15-21(2)3)37(30,7)8/h10-12,15,17,22,25-26,28,30,32H,9,13-14,16,18-20H2,1-8H3,(H,40,46)(H,41,47)/t25-,26+,28+,30+,32-,38-/m1/s1. The van der Waals surface area contributed by atoms with Gasteiger partial charge >= 0.3 is 0 Å². The molecule has 4 aliphatic rings. The lowest BCUT2D eigenvalue weighted by atomic mass is 9.85. The Morgan fingerprint density at radius 2 is 1.80 bits per heavy atom. The molecule has 2 saturated carbocycles. The molecule has 0 radical (unpaired) electrons. The summed E-state index contributed by atoms with van der Waals surface area (Å²) in [5.74, 6) is -2.26. The van der Waals surface area contributed by atoms with Crippen LogP contribution in [0, 0.1) is 28.6 Å². The summed E-state index contributed by atoms with van der Waals surface area (Å²) < 4.78 is 0. The second-order valence-corrected chi connectivity index (χ2v) is 16.9. The maximum absolute atomic E-state index is 14.7. The average Bonchev–Trinajstić information content (AvgIpc) is 3.82. The van der Waals surface area contributed by atoms with E-state index in [0.717, 1.165) is 24.0 Å². The predicted molar refractivity (Wildman–Crippen MR) is 188 cm³/mol. The number of carbonyl (C=O) groups excluding carboxylic acids is 5. The highest BCUT2D eigenvalue weighted by Gasteiger charge is 2.61. The van der Waals surface area contributed by atoms with E-state index < -0.39 is 52.5 Å². The van der Waals surface area contributed by atoms with Gasteiger partial charge in [-0.3, -0.25) is 24.0 Å². The van der Waals surface area contributed by atoms with Crippen molar-refractivity contribution in [1.82, 2.24) is 15.5 Å². The largest absolute Gasteiger partial charge is 0.387 e. The number of ketones is 2. The van der Waals surface area contributed by atoms with Gasteiger partial charge < -0.3 is 20.4 Å². The van der Waals surface area contributed by atoms with Gasteiger partial charge in [0, 0.05) is 29.8 Å². The molecule has 5 rings (SSSR count). The van der Waals surface area contributed by atoms with Crippen LogP contribution in [-0.4, -0.2) is 70.2 Å². The topological polar surface area (TPSA) is 134 Å². The first-order valence-corrected chi connectivity index (χ1v) is 17.9. The molecule has 3 amide bonds. The SMILES string of the molecule is CCC(=O)C(=O)[C@H](CC1CC1)NC(=O)[C@@H]1C[C@]2(CC(c3cccc(Cl)c3)=NO2)CN1C(=O)[C@@H](NC(=O)[C@@H]1[C@@H](C=C(C)C)C1(C)C)C(C)(C)C. The highest BCUT2D eigenvalue weighted by Crippen LogP contribution is 2.59. The number of rotatable bonds is 12. The van der Waals surface area contributed by atoms with Gasteiger partial charge in [0.05, 0.1) is 24.2 Å². The van der Waals surface area contributed by atoms with Gasteiger partial charge in [-0.25, -0.2) is 0 Å². The molecule has 1 saturated heterocycles. The zero-order valence-corrected chi connectivity index (χ0v) is 30.8. The molecule has 0 bridgehead atoms. The molecule has 1 aromatic carbocycles. The number of oxime groups is 1. The van der Waals surface area contributed by atoms with Crippen molar-refractivity contribution in [1.29, 1.82) is 0 Å². The fraction of sp³-hybridized carbons (Fsp3) is 0.632. The van der Waals surface area contributed by atoms with Gasteiger partial charge in [-0.1, -0.05) is 94.9 Å². The molecular formula is C38H51ClN4O6. The third-order valence-electron chi connectivity index (χ3n) is 10.6. The first-order chi connectivity index (χ1) is 22.9. The summed E-state index contributed by atoms with van der Waals surface area (Å²) >= 11 is 6.26. The molecule has 266 valence electrons. The normalized spacial score (nSPS) is 26.7. The Morgan fingerprint density at radius 3 is 2.39 bits per heavy atom. The maximum Gasteiger partial charge on any atom is 0.246 e. The Balaban J connectivity index is 1.43. The quantitative estimate of drug-likeness (QED) is 0.222. The molecule has 6 atom stereocenters. The summed E-state index contributed by atoms with van der Waals surface area (Å²) in [5, 5.41) is 10.9. The van der Waals surface area contributed by atoms with Crippen molar-refractivity contribution in [2.45, 2.75) is 118 Å². The molecule has 49 heavy (non-hydrogen) atoms. The van der Waals surface area contributed by atoms with E-state index in [1.54, 1.807) is 19.1 Å². The van der Waals surface area contributed by atoms with E-state index in [0.29, 0.717) is 23.6 Å². The fourth-order valence-electron chi connectivity index (χ4n) is 7.40. The second-order valence-electron chi connectivity index (χ2n) is 16.4. The summed E-state index contributed by atoms with van der Waals surface area (Å²) in [5.41, 5.74) is 0.588. The van der Waals surface area contributed by atoms with Crippen LogP contribution in [-0.2, 0) is 28.8 Å². The number of hydrogen-bond donors (Lipinski definition) is 2. The number of nitrogens with one attached hydrogen (secondary N) is 2. The molecule has 2 aliphatic carbocycles. The van der Waals surface area contributed by atoms with Crippen LogP contribution in [0.15, 0.2) is 41.1 Å². The van der Waals surface area contributed by atoms with Crippen molar-refractivity contribution >= 4 is 46.6 Å². The summed E-state index contributed by atoms with van der Waals surface area (Å²) in [6, 6.07) is 4.31. The zero-order valence-electron chi connectivity index (χ0n) is 30.0. The Hall–Kier alpha value is -3.53. The van der Waals surface area contributed by atoms with Gasteiger partial charge in [0.15, 0.2) is 11.4 Å². The molecule has 1 aromatic rings. The number of hydrogen-bond acceptors (Lipinski definition) is 7. The molecule has 10 nitrogen and oxygen atoms in total. The fourth-order valence-corrected chi connectivity index (χ4v) is 7.59. The highest BCUT2D eigenvalue weighted by atomic mass is 35.5. The number of benzene rings is 1. The maximum atomic E-state index is 14.7. The van der Waals surface area contributed by atoms with E-state index in [2.05, 4.69) is 35.7 Å². The summed E-state index contributed by atoms with van der Waals surface area (Å²) in [6.45, 7) is 15.4. The van der Waals surface area contributed by atoms with E-state index in [4.69, 9.17) is 16.4 Å². The Kier molecular flexibility index (Phi) is 10.2. The molecular weight excluding hydrogens is 644 g/mol.